The molecule has 1 aliphatic rings. The van der Waals surface area contributed by atoms with E-state index in [9.17, 15) is 14.7 Å². The third-order valence-electron chi connectivity index (χ3n) is 5.95. The number of rotatable bonds is 7. The molecular formula is C29H29NO5. The molecule has 0 saturated carbocycles. The monoisotopic (exact) mass is 471 g/mol. The summed E-state index contributed by atoms with van der Waals surface area (Å²) in [6.07, 6.45) is 0. The van der Waals surface area contributed by atoms with Crippen LogP contribution in [0.3, 0.4) is 0 Å². The highest BCUT2D eigenvalue weighted by Gasteiger charge is 2.47. The number of hydrogen-bond donors (Lipinski definition) is 1. The van der Waals surface area contributed by atoms with Gasteiger partial charge in [-0.2, -0.15) is 0 Å². The molecule has 1 aliphatic heterocycles. The van der Waals surface area contributed by atoms with E-state index in [4.69, 9.17) is 9.47 Å². The van der Waals surface area contributed by atoms with Gasteiger partial charge in [0.1, 0.15) is 17.3 Å². The van der Waals surface area contributed by atoms with Gasteiger partial charge in [0.2, 0.25) is 0 Å². The van der Waals surface area contributed by atoms with Gasteiger partial charge in [-0.05, 0) is 48.2 Å². The van der Waals surface area contributed by atoms with Crippen molar-refractivity contribution in [3.05, 3.63) is 95.1 Å². The molecule has 1 saturated heterocycles. The van der Waals surface area contributed by atoms with Crippen LogP contribution in [-0.4, -0.2) is 30.5 Å². The zero-order valence-corrected chi connectivity index (χ0v) is 20.3. The van der Waals surface area contributed by atoms with E-state index in [2.05, 4.69) is 0 Å². The van der Waals surface area contributed by atoms with Gasteiger partial charge >= 0.3 is 0 Å². The summed E-state index contributed by atoms with van der Waals surface area (Å²) < 4.78 is 11.1. The minimum absolute atomic E-state index is 0.0353. The summed E-state index contributed by atoms with van der Waals surface area (Å²) in [4.78, 5) is 28.2. The molecule has 35 heavy (non-hydrogen) atoms. The first-order valence-electron chi connectivity index (χ1n) is 11.6. The predicted molar refractivity (Wildman–Crippen MR) is 136 cm³/mol. The van der Waals surface area contributed by atoms with Crippen molar-refractivity contribution in [2.75, 3.05) is 18.6 Å². The second-order valence-corrected chi connectivity index (χ2v) is 8.96. The topological polar surface area (TPSA) is 76.1 Å². The first kappa shape index (κ1) is 24.1. The molecule has 3 aromatic carbocycles. The maximum Gasteiger partial charge on any atom is 0.300 e. The fraction of sp³-hybridized carbons (Fsp3) is 0.241. The Morgan fingerprint density at radius 2 is 1.69 bits per heavy atom. The number of aryl methyl sites for hydroxylation is 1. The molecule has 0 aliphatic carbocycles. The van der Waals surface area contributed by atoms with Crippen LogP contribution in [0.25, 0.3) is 5.76 Å². The summed E-state index contributed by atoms with van der Waals surface area (Å²) in [7, 11) is 1.54. The van der Waals surface area contributed by atoms with Crippen LogP contribution in [-0.2, 0) is 9.59 Å². The van der Waals surface area contributed by atoms with E-state index in [1.807, 2.05) is 45.0 Å². The van der Waals surface area contributed by atoms with Crippen molar-refractivity contribution < 1.29 is 24.2 Å². The molecule has 0 radical (unpaired) electrons. The standard InChI is InChI=1S/C29H29NO5/c1-18(2)17-35-23-13-7-10-20(15-23)27(31)25-26(24-14-6-5-9-19(24)3)30(29(33)28(25)32)21-11-8-12-22(16-21)34-4/h5-16,18,26,31H,17H2,1-4H3/b27-25+. The van der Waals surface area contributed by atoms with Crippen LogP contribution in [0.15, 0.2) is 78.4 Å². The van der Waals surface area contributed by atoms with Crippen molar-refractivity contribution in [1.29, 1.82) is 0 Å². The van der Waals surface area contributed by atoms with Crippen LogP contribution >= 0.6 is 0 Å². The highest BCUT2D eigenvalue weighted by atomic mass is 16.5. The van der Waals surface area contributed by atoms with Gasteiger partial charge in [-0.1, -0.05) is 56.3 Å². The average Bonchev–Trinajstić information content (AvgIpc) is 3.12. The van der Waals surface area contributed by atoms with E-state index < -0.39 is 17.7 Å². The summed E-state index contributed by atoms with van der Waals surface area (Å²) in [6, 6.07) is 20.7. The quantitative estimate of drug-likeness (QED) is 0.273. The van der Waals surface area contributed by atoms with Crippen LogP contribution in [0.4, 0.5) is 5.69 Å². The molecule has 1 unspecified atom stereocenters. The Morgan fingerprint density at radius 3 is 2.40 bits per heavy atom. The van der Waals surface area contributed by atoms with Gasteiger partial charge in [0.15, 0.2) is 0 Å². The Labute approximate surface area is 205 Å². The lowest BCUT2D eigenvalue weighted by Gasteiger charge is -2.27. The molecule has 1 atom stereocenters. The number of ketones is 1. The molecule has 0 aromatic heterocycles. The smallest absolute Gasteiger partial charge is 0.300 e. The van der Waals surface area contributed by atoms with Crippen LogP contribution in [0, 0.1) is 12.8 Å². The summed E-state index contributed by atoms with van der Waals surface area (Å²) in [5, 5.41) is 11.4. The molecule has 6 heteroatoms. The van der Waals surface area contributed by atoms with Crippen molar-refractivity contribution >= 4 is 23.1 Å². The van der Waals surface area contributed by atoms with Crippen molar-refractivity contribution in [1.82, 2.24) is 0 Å². The van der Waals surface area contributed by atoms with Gasteiger partial charge in [-0.25, -0.2) is 0 Å². The Kier molecular flexibility index (Phi) is 6.92. The van der Waals surface area contributed by atoms with Crippen molar-refractivity contribution in [2.45, 2.75) is 26.8 Å². The largest absolute Gasteiger partial charge is 0.507 e. The number of Topliss-reactive ketones (excluding diaryl/α,β-unsaturated/α-hetero) is 1. The van der Waals surface area contributed by atoms with E-state index >= 15 is 0 Å². The summed E-state index contributed by atoms with van der Waals surface area (Å²) in [6.45, 7) is 6.53. The molecule has 6 nitrogen and oxygen atoms in total. The maximum atomic E-state index is 13.4. The summed E-state index contributed by atoms with van der Waals surface area (Å²) in [5.74, 6) is -0.217. The van der Waals surface area contributed by atoms with Gasteiger partial charge in [0, 0.05) is 17.3 Å². The van der Waals surface area contributed by atoms with E-state index in [0.29, 0.717) is 35.3 Å². The second kappa shape index (κ2) is 10.1. The molecule has 3 aromatic rings. The molecule has 1 N–H and O–H groups in total. The highest BCUT2D eigenvalue weighted by Crippen LogP contribution is 2.43. The number of carbonyl (C=O) groups is 2. The predicted octanol–water partition coefficient (Wildman–Crippen LogP) is 5.66. The molecule has 0 bridgehead atoms. The number of hydrogen-bond acceptors (Lipinski definition) is 5. The number of methoxy groups -OCH3 is 1. The summed E-state index contributed by atoms with van der Waals surface area (Å²) in [5.41, 5.74) is 2.60. The number of benzene rings is 3. The van der Waals surface area contributed by atoms with E-state index in [1.165, 1.54) is 4.90 Å². The lowest BCUT2D eigenvalue weighted by molar-refractivity contribution is -0.132. The van der Waals surface area contributed by atoms with Gasteiger partial charge in [-0.15, -0.1) is 0 Å². The number of aliphatic hydroxyl groups is 1. The lowest BCUT2D eigenvalue weighted by Crippen LogP contribution is -2.29. The second-order valence-electron chi connectivity index (χ2n) is 8.96. The number of ether oxygens (including phenoxy) is 2. The normalized spacial score (nSPS) is 17.2. The minimum atomic E-state index is -0.802. The van der Waals surface area contributed by atoms with Crippen LogP contribution < -0.4 is 14.4 Å². The number of carbonyl (C=O) groups excluding carboxylic acids is 2. The van der Waals surface area contributed by atoms with E-state index in [0.717, 1.165) is 11.1 Å². The molecular weight excluding hydrogens is 442 g/mol. The third kappa shape index (κ3) is 4.78. The number of aliphatic hydroxyl groups excluding tert-OH is 1. The molecule has 1 amide bonds. The Bertz CT molecular complexity index is 1290. The van der Waals surface area contributed by atoms with Gasteiger partial charge < -0.3 is 14.6 Å². The molecule has 180 valence electrons. The van der Waals surface area contributed by atoms with Crippen LogP contribution in [0.2, 0.25) is 0 Å². The van der Waals surface area contributed by atoms with Crippen LogP contribution in [0.1, 0.15) is 36.6 Å². The van der Waals surface area contributed by atoms with E-state index in [1.54, 1.807) is 55.6 Å². The highest BCUT2D eigenvalue weighted by molar-refractivity contribution is 6.51. The molecule has 1 heterocycles. The van der Waals surface area contributed by atoms with Gasteiger partial charge in [0.25, 0.3) is 11.7 Å². The number of nitrogens with zero attached hydrogens (tertiary/aromatic N) is 1. The maximum absolute atomic E-state index is 13.4. The zero-order chi connectivity index (χ0) is 25.1. The fourth-order valence-corrected chi connectivity index (χ4v) is 4.20. The Morgan fingerprint density at radius 1 is 0.971 bits per heavy atom. The first-order chi connectivity index (χ1) is 16.8. The SMILES string of the molecule is COc1cccc(N2C(=O)C(=O)/C(=C(/O)c3cccc(OCC(C)C)c3)C2c2ccccc2C)c1. The fourth-order valence-electron chi connectivity index (χ4n) is 4.20. The molecule has 0 spiro atoms. The number of anilines is 1. The van der Waals surface area contributed by atoms with Gasteiger partial charge in [0.05, 0.1) is 25.3 Å². The Balaban J connectivity index is 1.89. The lowest BCUT2D eigenvalue weighted by atomic mass is 9.92. The Hall–Kier alpha value is -4.06. The average molecular weight is 472 g/mol. The molecule has 4 rings (SSSR count). The van der Waals surface area contributed by atoms with Crippen molar-refractivity contribution in [3.63, 3.8) is 0 Å². The summed E-state index contributed by atoms with van der Waals surface area (Å²) >= 11 is 0. The van der Waals surface area contributed by atoms with Crippen molar-refractivity contribution in [2.24, 2.45) is 5.92 Å². The zero-order valence-electron chi connectivity index (χ0n) is 20.3. The minimum Gasteiger partial charge on any atom is -0.507 e. The van der Waals surface area contributed by atoms with Crippen LogP contribution in [0.5, 0.6) is 11.5 Å². The third-order valence-corrected chi connectivity index (χ3v) is 5.95. The van der Waals surface area contributed by atoms with Gasteiger partial charge in [-0.3, -0.25) is 14.5 Å². The number of amides is 1. The first-order valence-corrected chi connectivity index (χ1v) is 11.6. The van der Waals surface area contributed by atoms with Crippen molar-refractivity contribution in [3.8, 4) is 11.5 Å². The molecule has 1 fully saturated rings. The van der Waals surface area contributed by atoms with E-state index in [-0.39, 0.29) is 11.3 Å².